The topological polar surface area (TPSA) is 162 Å². The normalized spacial score (nSPS) is 24.3. The second-order valence-corrected chi connectivity index (χ2v) is 17.9. The molecular weight excluding hydrogens is 805 g/mol. The fourth-order valence-electron chi connectivity index (χ4n) is 10.0. The van der Waals surface area contributed by atoms with Gasteiger partial charge in [0.25, 0.3) is 17.7 Å². The van der Waals surface area contributed by atoms with E-state index in [0.29, 0.717) is 41.2 Å². The Balaban J connectivity index is 0.692. The van der Waals surface area contributed by atoms with E-state index in [4.69, 9.17) is 22.9 Å². The molecule has 0 bridgehead atoms. The van der Waals surface area contributed by atoms with Crippen molar-refractivity contribution in [3.8, 4) is 5.75 Å². The third-order valence-corrected chi connectivity index (χ3v) is 13.8. The van der Waals surface area contributed by atoms with Crippen LogP contribution >= 0.6 is 11.6 Å². The number of carbonyl (C=O) groups is 5. The highest BCUT2D eigenvalue weighted by atomic mass is 35.5. The van der Waals surface area contributed by atoms with Gasteiger partial charge in [-0.2, -0.15) is 0 Å². The van der Waals surface area contributed by atoms with Crippen LogP contribution in [0.15, 0.2) is 42.5 Å². The van der Waals surface area contributed by atoms with Gasteiger partial charge in [-0.15, -0.1) is 10.2 Å². The molecule has 318 valence electrons. The number of fused-ring (bicyclic) bond motifs is 1. The summed E-state index contributed by atoms with van der Waals surface area (Å²) in [5, 5.41) is 14.4. The van der Waals surface area contributed by atoms with Gasteiger partial charge in [-0.25, -0.2) is 9.24 Å². The van der Waals surface area contributed by atoms with Crippen LogP contribution in [0, 0.1) is 23.7 Å². The van der Waals surface area contributed by atoms with Crippen LogP contribution in [-0.2, 0) is 9.59 Å². The standard InChI is InChI=1S/C44H47ClFN9O6/c1-47-34-7-6-29(20-32(34)45)61-28-4-2-27(3-5-28)48-40(57)35-8-10-38(51-50-35)54-18-14-44(15-19-54)24-52(25-44)23-26-12-16-53(17-13-26)37-22-31-30(21-33(37)46)42(59)55(43(31)60)36-9-11-39(56)49-41(36)58/h6-8,10,20-22,26-28,36H,2-5,9,11-19,23-25H2,(H,48,57)(H,49,56,58). The van der Waals surface area contributed by atoms with Crippen molar-refractivity contribution >= 4 is 58.3 Å². The maximum absolute atomic E-state index is 15.5. The lowest BCUT2D eigenvalue weighted by Crippen LogP contribution is -2.61. The minimum absolute atomic E-state index is 0.0191. The predicted molar refractivity (Wildman–Crippen MR) is 222 cm³/mol. The van der Waals surface area contributed by atoms with Gasteiger partial charge in [-0.05, 0) is 106 Å². The highest BCUT2D eigenvalue weighted by molar-refractivity contribution is 6.33. The number of likely N-dealkylation sites (tertiary alicyclic amines) is 1. The van der Waals surface area contributed by atoms with Gasteiger partial charge >= 0.3 is 0 Å². The number of rotatable bonds is 9. The fraction of sp³-hybridized carbons (Fsp3) is 0.500. The maximum atomic E-state index is 15.5. The van der Waals surface area contributed by atoms with Crippen molar-refractivity contribution < 1.29 is 33.1 Å². The zero-order valence-corrected chi connectivity index (χ0v) is 34.5. The zero-order valence-electron chi connectivity index (χ0n) is 33.7. The number of benzene rings is 2. The number of piperidine rings is 3. The predicted octanol–water partition coefficient (Wildman–Crippen LogP) is 5.16. The van der Waals surface area contributed by atoms with Crippen LogP contribution in [0.2, 0.25) is 5.02 Å². The molecule has 61 heavy (non-hydrogen) atoms. The Morgan fingerprint density at radius 1 is 0.902 bits per heavy atom. The Kier molecular flexibility index (Phi) is 11.1. The van der Waals surface area contributed by atoms with Gasteiger partial charge in [-0.1, -0.05) is 17.7 Å². The van der Waals surface area contributed by atoms with Gasteiger partial charge in [0.05, 0.1) is 34.5 Å². The molecule has 0 radical (unpaired) electrons. The molecule has 1 unspecified atom stereocenters. The number of amides is 5. The first-order valence-corrected chi connectivity index (χ1v) is 21.6. The Labute approximate surface area is 357 Å². The van der Waals surface area contributed by atoms with Crippen LogP contribution in [0.4, 0.5) is 21.6 Å². The average molecular weight is 852 g/mol. The van der Waals surface area contributed by atoms with Gasteiger partial charge in [0.1, 0.15) is 17.6 Å². The number of halogens is 2. The van der Waals surface area contributed by atoms with Crippen molar-refractivity contribution in [1.82, 2.24) is 30.6 Å². The second kappa shape index (κ2) is 16.7. The minimum atomic E-state index is -1.09. The van der Waals surface area contributed by atoms with Crippen LogP contribution in [0.5, 0.6) is 5.75 Å². The van der Waals surface area contributed by atoms with Crippen LogP contribution < -0.4 is 25.2 Å². The molecule has 6 heterocycles. The molecule has 5 amide bonds. The van der Waals surface area contributed by atoms with E-state index in [2.05, 4.69) is 35.5 Å². The van der Waals surface area contributed by atoms with E-state index in [1.807, 2.05) is 11.0 Å². The second-order valence-electron chi connectivity index (χ2n) is 17.5. The molecule has 5 aliphatic heterocycles. The van der Waals surface area contributed by atoms with Crippen LogP contribution in [0.1, 0.15) is 95.4 Å². The number of nitrogens with one attached hydrogen (secondary N) is 2. The summed E-state index contributed by atoms with van der Waals surface area (Å²) in [7, 11) is 0. The van der Waals surface area contributed by atoms with E-state index in [9.17, 15) is 24.0 Å². The highest BCUT2D eigenvalue weighted by Gasteiger charge is 2.47. The molecule has 1 spiro atoms. The number of nitrogens with zero attached hydrogens (tertiary/aromatic N) is 7. The molecule has 15 nitrogen and oxygen atoms in total. The summed E-state index contributed by atoms with van der Waals surface area (Å²) >= 11 is 6.16. The van der Waals surface area contributed by atoms with E-state index in [1.165, 1.54) is 6.07 Å². The third-order valence-electron chi connectivity index (χ3n) is 13.5. The summed E-state index contributed by atoms with van der Waals surface area (Å²) in [6.07, 6.45) is 7.10. The van der Waals surface area contributed by atoms with Gasteiger partial charge in [0.15, 0.2) is 11.5 Å². The fourth-order valence-corrected chi connectivity index (χ4v) is 10.3. The number of imide groups is 2. The largest absolute Gasteiger partial charge is 0.490 e. The molecule has 6 aliphatic rings. The SMILES string of the molecule is [C-]#[N+]c1ccc(OC2CCC(NC(=O)c3ccc(N4CCC5(CC4)CN(CC4CCN(c6cc7c(cc6F)C(=O)N(C6CCC(=O)NC6=O)C7=O)CC4)C5)nn3)CC2)cc1Cl. The summed E-state index contributed by atoms with van der Waals surface area (Å²) in [4.78, 5) is 74.5. The first kappa shape index (κ1) is 40.7. The van der Waals surface area contributed by atoms with Gasteiger partial charge in [0.2, 0.25) is 17.5 Å². The number of carbonyl (C=O) groups excluding carboxylic acids is 5. The Morgan fingerprint density at radius 2 is 1.62 bits per heavy atom. The number of hydrogen-bond donors (Lipinski definition) is 2. The van der Waals surface area contributed by atoms with Gasteiger partial charge < -0.3 is 24.8 Å². The molecule has 2 N–H and O–H groups in total. The molecule has 1 saturated carbocycles. The van der Waals surface area contributed by atoms with Crippen molar-refractivity contribution in [3.05, 3.63) is 81.5 Å². The van der Waals surface area contributed by atoms with E-state index < -0.39 is 35.5 Å². The van der Waals surface area contributed by atoms with E-state index in [1.54, 1.807) is 24.3 Å². The van der Waals surface area contributed by atoms with Crippen molar-refractivity contribution in [3.63, 3.8) is 0 Å². The molecular formula is C44H47ClFN9O6. The number of anilines is 2. The summed E-state index contributed by atoms with van der Waals surface area (Å²) < 4.78 is 21.5. The number of aromatic nitrogens is 2. The smallest absolute Gasteiger partial charge is 0.272 e. The molecule has 5 fully saturated rings. The quantitative estimate of drug-likeness (QED) is 0.216. The van der Waals surface area contributed by atoms with Crippen LogP contribution in [-0.4, -0.2) is 114 Å². The molecule has 1 atom stereocenters. The molecule has 3 aromatic rings. The van der Waals surface area contributed by atoms with Gasteiger partial charge in [-0.3, -0.25) is 34.2 Å². The third kappa shape index (κ3) is 8.25. The van der Waals surface area contributed by atoms with E-state index in [0.717, 1.165) is 101 Å². The average Bonchev–Trinajstić information content (AvgIpc) is 3.48. The first-order valence-electron chi connectivity index (χ1n) is 21.2. The first-order chi connectivity index (χ1) is 29.5. The molecule has 9 rings (SSSR count). The van der Waals surface area contributed by atoms with Crippen molar-refractivity contribution in [1.29, 1.82) is 0 Å². The lowest BCUT2D eigenvalue weighted by Gasteiger charge is -2.55. The summed E-state index contributed by atoms with van der Waals surface area (Å²) in [6.45, 7) is 13.2. The lowest BCUT2D eigenvalue weighted by molar-refractivity contribution is -0.136. The minimum Gasteiger partial charge on any atom is -0.490 e. The van der Waals surface area contributed by atoms with Crippen molar-refractivity contribution in [2.24, 2.45) is 11.3 Å². The highest BCUT2D eigenvalue weighted by Crippen LogP contribution is 2.42. The summed E-state index contributed by atoms with van der Waals surface area (Å²) in [5.41, 5.74) is 1.30. The zero-order chi connectivity index (χ0) is 42.4. The van der Waals surface area contributed by atoms with E-state index in [-0.39, 0.29) is 53.1 Å². The molecule has 1 aliphatic carbocycles. The molecule has 4 saturated heterocycles. The van der Waals surface area contributed by atoms with Crippen LogP contribution in [0.3, 0.4) is 0 Å². The van der Waals surface area contributed by atoms with Gasteiger partial charge in [0, 0.05) is 58.3 Å². The monoisotopic (exact) mass is 851 g/mol. The Morgan fingerprint density at radius 3 is 2.28 bits per heavy atom. The Bertz CT molecular complexity index is 2290. The van der Waals surface area contributed by atoms with Crippen molar-refractivity contribution in [2.45, 2.75) is 82.4 Å². The summed E-state index contributed by atoms with van der Waals surface area (Å²) in [5.74, 6) is -1.41. The maximum Gasteiger partial charge on any atom is 0.272 e. The molecule has 2 aromatic carbocycles. The van der Waals surface area contributed by atoms with E-state index >= 15 is 4.39 Å². The number of hydrogen-bond acceptors (Lipinski definition) is 11. The van der Waals surface area contributed by atoms with Crippen LogP contribution in [0.25, 0.3) is 4.85 Å². The molecule has 1 aromatic heterocycles. The number of ether oxygens (including phenoxy) is 1. The van der Waals surface area contributed by atoms with Crippen molar-refractivity contribution in [2.75, 3.05) is 55.6 Å². The Hall–Kier alpha value is -5.66. The molecule has 17 heteroatoms. The summed E-state index contributed by atoms with van der Waals surface area (Å²) in [6, 6.07) is 10.2. The lowest BCUT2D eigenvalue weighted by atomic mass is 9.71.